The fraction of sp³-hybridized carbons (Fsp3) is 0.786. The lowest BCUT2D eigenvalue weighted by molar-refractivity contribution is -0.397. The minimum atomic E-state index is -1.85. The van der Waals surface area contributed by atoms with Crippen LogP contribution in [0, 0.1) is 5.41 Å². The highest BCUT2D eigenvalue weighted by molar-refractivity contribution is 5.74. The number of carbonyl (C=O) groups is 3. The first kappa shape index (κ1) is 18.5. The van der Waals surface area contributed by atoms with E-state index in [1.54, 1.807) is 0 Å². The van der Waals surface area contributed by atoms with Gasteiger partial charge in [0.05, 0.1) is 25.2 Å². The molecule has 0 aromatic heterocycles. The van der Waals surface area contributed by atoms with Crippen molar-refractivity contribution in [2.75, 3.05) is 6.61 Å². The summed E-state index contributed by atoms with van der Waals surface area (Å²) in [6, 6.07) is -0.934. The van der Waals surface area contributed by atoms with Crippen LogP contribution in [0.1, 0.15) is 34.1 Å². The lowest BCUT2D eigenvalue weighted by Gasteiger charge is -2.43. The van der Waals surface area contributed by atoms with Crippen LogP contribution in [0.5, 0.6) is 0 Å². The Morgan fingerprint density at radius 3 is 2.55 bits per heavy atom. The Morgan fingerprint density at radius 1 is 1.45 bits per heavy atom. The number of aliphatic hydroxyl groups excluding tert-OH is 1. The molecular formula is C14H23NO7. The van der Waals surface area contributed by atoms with Gasteiger partial charge in [0, 0.05) is 6.92 Å². The van der Waals surface area contributed by atoms with E-state index in [0.29, 0.717) is 6.29 Å². The maximum Gasteiger partial charge on any atom is 0.332 e. The van der Waals surface area contributed by atoms with Crippen LogP contribution >= 0.6 is 0 Å². The summed E-state index contributed by atoms with van der Waals surface area (Å²) in [5.41, 5.74) is -0.251. The number of ether oxygens (including phenoxy) is 3. The molecule has 0 spiro atoms. The fourth-order valence-corrected chi connectivity index (χ4v) is 2.06. The summed E-state index contributed by atoms with van der Waals surface area (Å²) in [4.78, 5) is 33.1. The number of hydrogen-bond acceptors (Lipinski definition) is 7. The van der Waals surface area contributed by atoms with Crippen molar-refractivity contribution in [3.05, 3.63) is 0 Å². The van der Waals surface area contributed by atoms with E-state index < -0.39 is 30.1 Å². The van der Waals surface area contributed by atoms with Gasteiger partial charge in [-0.2, -0.15) is 0 Å². The molecule has 0 aromatic rings. The standard InChI is InChI=1S/C14H23NO7/c1-9(18)15-12-10(19)5-14(21-8-17,22-11(12)6-16)20-7-13(2,3)4/h6,8,10-12,19H,5,7H2,1-4H3,(H,15,18)/t10?,11?,12-,14-/m0/s1. The van der Waals surface area contributed by atoms with Crippen LogP contribution in [0.25, 0.3) is 0 Å². The molecule has 0 bridgehead atoms. The molecule has 8 heteroatoms. The van der Waals surface area contributed by atoms with Gasteiger partial charge in [0.2, 0.25) is 5.91 Å². The van der Waals surface area contributed by atoms with Crippen molar-refractivity contribution in [1.29, 1.82) is 0 Å². The highest BCUT2D eigenvalue weighted by atomic mass is 16.9. The molecule has 1 rings (SSSR count). The molecule has 8 nitrogen and oxygen atoms in total. The highest BCUT2D eigenvalue weighted by Gasteiger charge is 2.50. The van der Waals surface area contributed by atoms with Gasteiger partial charge in [-0.15, -0.1) is 0 Å². The predicted octanol–water partition coefficient (Wildman–Crippen LogP) is -0.271. The Balaban J connectivity index is 2.94. The van der Waals surface area contributed by atoms with E-state index in [9.17, 15) is 19.5 Å². The molecule has 2 N–H and O–H groups in total. The van der Waals surface area contributed by atoms with Crippen molar-refractivity contribution in [2.24, 2.45) is 5.41 Å². The molecule has 1 fully saturated rings. The molecule has 4 atom stereocenters. The predicted molar refractivity (Wildman–Crippen MR) is 74.5 cm³/mol. The van der Waals surface area contributed by atoms with E-state index in [-0.39, 0.29) is 24.9 Å². The number of carbonyl (C=O) groups excluding carboxylic acids is 3. The molecule has 2 unspecified atom stereocenters. The van der Waals surface area contributed by atoms with Gasteiger partial charge in [-0.05, 0) is 5.41 Å². The number of hydrogen-bond donors (Lipinski definition) is 2. The third kappa shape index (κ3) is 5.04. The zero-order valence-electron chi connectivity index (χ0n) is 13.2. The molecule has 1 heterocycles. The van der Waals surface area contributed by atoms with E-state index in [1.165, 1.54) is 6.92 Å². The fourth-order valence-electron chi connectivity index (χ4n) is 2.06. The Labute approximate surface area is 129 Å². The van der Waals surface area contributed by atoms with E-state index in [1.807, 2.05) is 20.8 Å². The zero-order valence-corrected chi connectivity index (χ0v) is 13.2. The van der Waals surface area contributed by atoms with Crippen molar-refractivity contribution < 1.29 is 33.7 Å². The molecule has 0 radical (unpaired) electrons. The molecule has 1 aliphatic heterocycles. The normalized spacial score (nSPS) is 32.1. The Kier molecular flexibility index (Phi) is 6.04. The third-order valence-electron chi connectivity index (χ3n) is 3.00. The third-order valence-corrected chi connectivity index (χ3v) is 3.00. The minimum absolute atomic E-state index is 0.135. The molecule has 1 saturated heterocycles. The van der Waals surface area contributed by atoms with Crippen molar-refractivity contribution in [3.63, 3.8) is 0 Å². The SMILES string of the molecule is CC(=O)N[C@H]1C(O)C[C@@](OC=O)(OCC(C)(C)C)OC1C=O. The van der Waals surface area contributed by atoms with Crippen LogP contribution in [0.15, 0.2) is 0 Å². The van der Waals surface area contributed by atoms with Crippen LogP contribution in [0.4, 0.5) is 0 Å². The van der Waals surface area contributed by atoms with Gasteiger partial charge >= 0.3 is 5.97 Å². The van der Waals surface area contributed by atoms with Gasteiger partial charge < -0.3 is 29.4 Å². The van der Waals surface area contributed by atoms with E-state index in [0.717, 1.165) is 0 Å². The van der Waals surface area contributed by atoms with Crippen LogP contribution in [-0.4, -0.2) is 54.6 Å². The summed E-state index contributed by atoms with van der Waals surface area (Å²) in [7, 11) is 0. The van der Waals surface area contributed by atoms with Gasteiger partial charge in [0.15, 0.2) is 6.29 Å². The summed E-state index contributed by atoms with van der Waals surface area (Å²) in [5, 5.41) is 12.6. The van der Waals surface area contributed by atoms with Gasteiger partial charge in [-0.25, -0.2) is 0 Å². The maximum atomic E-state index is 11.2. The smallest absolute Gasteiger partial charge is 0.332 e. The summed E-state index contributed by atoms with van der Waals surface area (Å²) in [6.07, 6.45) is -2.18. The zero-order chi connectivity index (χ0) is 17.0. The Morgan fingerprint density at radius 2 is 2.09 bits per heavy atom. The van der Waals surface area contributed by atoms with Crippen LogP contribution in [-0.2, 0) is 28.6 Å². The monoisotopic (exact) mass is 317 g/mol. The number of aldehydes is 1. The number of nitrogens with one attached hydrogen (secondary N) is 1. The molecule has 1 amide bonds. The highest BCUT2D eigenvalue weighted by Crippen LogP contribution is 2.32. The van der Waals surface area contributed by atoms with E-state index >= 15 is 0 Å². The van der Waals surface area contributed by atoms with Crippen LogP contribution in [0.3, 0.4) is 0 Å². The lowest BCUT2D eigenvalue weighted by atomic mass is 9.96. The Bertz CT molecular complexity index is 420. The Hall–Kier alpha value is -1.51. The minimum Gasteiger partial charge on any atom is -0.410 e. The van der Waals surface area contributed by atoms with Crippen molar-refractivity contribution in [1.82, 2.24) is 5.32 Å². The molecule has 126 valence electrons. The van der Waals surface area contributed by atoms with Gasteiger partial charge in [0.1, 0.15) is 6.10 Å². The lowest BCUT2D eigenvalue weighted by Crippen LogP contribution is -2.63. The number of rotatable bonds is 6. The maximum absolute atomic E-state index is 11.2. The summed E-state index contributed by atoms with van der Waals surface area (Å²) in [6.45, 7) is 7.27. The first-order valence-electron chi connectivity index (χ1n) is 6.96. The van der Waals surface area contributed by atoms with Crippen molar-refractivity contribution in [2.45, 2.75) is 58.3 Å². The second kappa shape index (κ2) is 7.17. The summed E-state index contributed by atoms with van der Waals surface area (Å²) in [5.74, 6) is -2.27. The van der Waals surface area contributed by atoms with Crippen molar-refractivity contribution in [3.8, 4) is 0 Å². The van der Waals surface area contributed by atoms with Crippen LogP contribution < -0.4 is 5.32 Å². The largest absolute Gasteiger partial charge is 0.410 e. The molecule has 0 saturated carbocycles. The first-order chi connectivity index (χ1) is 10.1. The average molecular weight is 317 g/mol. The molecule has 22 heavy (non-hydrogen) atoms. The summed E-state index contributed by atoms with van der Waals surface area (Å²) < 4.78 is 15.8. The summed E-state index contributed by atoms with van der Waals surface area (Å²) >= 11 is 0. The number of amides is 1. The van der Waals surface area contributed by atoms with Gasteiger partial charge in [-0.3, -0.25) is 9.59 Å². The quantitative estimate of drug-likeness (QED) is 0.512. The first-order valence-corrected chi connectivity index (χ1v) is 6.96. The van der Waals surface area contributed by atoms with Gasteiger partial charge in [-0.1, -0.05) is 20.8 Å². The second-order valence-electron chi connectivity index (χ2n) is 6.46. The molecule has 0 aromatic carbocycles. The molecule has 0 aliphatic carbocycles. The van der Waals surface area contributed by atoms with Crippen LogP contribution in [0.2, 0.25) is 0 Å². The average Bonchev–Trinajstić information content (AvgIpc) is 2.39. The second-order valence-corrected chi connectivity index (χ2v) is 6.46. The van der Waals surface area contributed by atoms with E-state index in [2.05, 4.69) is 5.32 Å². The topological polar surface area (TPSA) is 111 Å². The van der Waals surface area contributed by atoms with Crippen molar-refractivity contribution >= 4 is 18.7 Å². The van der Waals surface area contributed by atoms with E-state index in [4.69, 9.17) is 14.2 Å². The molecule has 1 aliphatic rings. The van der Waals surface area contributed by atoms with Gasteiger partial charge in [0.25, 0.3) is 6.47 Å². The molecular weight excluding hydrogens is 294 g/mol. The number of aliphatic hydroxyl groups is 1.